The van der Waals surface area contributed by atoms with Crippen molar-refractivity contribution in [2.24, 2.45) is 0 Å². The molecular formula is C84H148O7. The number of carbonyl (C=O) groups is 1. The highest BCUT2D eigenvalue weighted by Gasteiger charge is 2.23. The number of phenols is 2. The number of carbonyl (C=O) groups excluding carboxylic acids is 1. The summed E-state index contributed by atoms with van der Waals surface area (Å²) in [6, 6.07) is 46.5. The fourth-order valence-corrected chi connectivity index (χ4v) is 8.30. The maximum absolute atomic E-state index is 10.7. The lowest BCUT2D eigenvalue weighted by atomic mass is 9.80. The zero-order valence-corrected chi connectivity index (χ0v) is 54.1. The van der Waals surface area contributed by atoms with Crippen molar-refractivity contribution in [1.82, 2.24) is 0 Å². The van der Waals surface area contributed by atoms with Crippen molar-refractivity contribution in [3.05, 3.63) is 184 Å². The van der Waals surface area contributed by atoms with Crippen LogP contribution in [0.4, 0.5) is 0 Å². The SMILES string of the molecule is C.C.C.C.C.C.C.C.C.C.CCC(C)c1ccc(C(C)(C)C)cc1.CCC(C)c1ccc(O)cc1.CCC(C)c1ccc(O)cc1.CCC(C)c1ccc(OC(C)=O)cc1.CCC(C)c1ccc(OC(C)OCCOc2ccc(C(C)(C)C)cc2C(C)(C)C)cc1. The first kappa shape index (κ1) is 104. The van der Waals surface area contributed by atoms with E-state index in [1.807, 2.05) is 67.6 Å². The zero-order chi connectivity index (χ0) is 61.1. The minimum absolute atomic E-state index is 0. The first-order valence-electron chi connectivity index (χ1n) is 30.1. The second-order valence-electron chi connectivity index (χ2n) is 24.9. The van der Waals surface area contributed by atoms with Gasteiger partial charge in [-0.15, -0.1) is 0 Å². The van der Waals surface area contributed by atoms with E-state index < -0.39 is 0 Å². The summed E-state index contributed by atoms with van der Waals surface area (Å²) in [5, 5.41) is 18.0. The number of esters is 1. The van der Waals surface area contributed by atoms with Crippen LogP contribution in [0.5, 0.6) is 28.7 Å². The summed E-state index contributed by atoms with van der Waals surface area (Å²) >= 11 is 0. The Morgan fingerprint density at radius 3 is 0.956 bits per heavy atom. The molecule has 0 saturated heterocycles. The summed E-state index contributed by atoms with van der Waals surface area (Å²) in [7, 11) is 0. The van der Waals surface area contributed by atoms with E-state index in [2.05, 4.69) is 186 Å². The van der Waals surface area contributed by atoms with Crippen molar-refractivity contribution in [3.8, 4) is 28.7 Å². The fraction of sp³-hybridized carbons (Fsp3) is 0.560. The Morgan fingerprint density at radius 2 is 0.670 bits per heavy atom. The second kappa shape index (κ2) is 51.5. The number of phenolic OH excluding ortho intramolecular Hbond substituents is 2. The van der Waals surface area contributed by atoms with E-state index in [-0.39, 0.29) is 103 Å². The van der Waals surface area contributed by atoms with Crippen LogP contribution in [0.1, 0.15) is 326 Å². The van der Waals surface area contributed by atoms with E-state index >= 15 is 0 Å². The zero-order valence-electron chi connectivity index (χ0n) is 54.1. The number of aromatic hydroxyl groups is 2. The van der Waals surface area contributed by atoms with Gasteiger partial charge in [0.15, 0.2) is 6.29 Å². The molecular weight excluding hydrogens is 1120 g/mol. The molecule has 6 atom stereocenters. The molecule has 0 aromatic heterocycles. The number of hydrogen-bond donors (Lipinski definition) is 2. The Kier molecular flexibility index (Phi) is 58.7. The highest BCUT2D eigenvalue weighted by Crippen LogP contribution is 2.36. The van der Waals surface area contributed by atoms with Gasteiger partial charge in [0.1, 0.15) is 35.4 Å². The predicted molar refractivity (Wildman–Crippen MR) is 412 cm³/mol. The summed E-state index contributed by atoms with van der Waals surface area (Å²) in [5.41, 5.74) is 11.0. The lowest BCUT2D eigenvalue weighted by Crippen LogP contribution is -2.21. The van der Waals surface area contributed by atoms with Gasteiger partial charge in [-0.1, -0.05) is 291 Å². The number of hydrogen-bond acceptors (Lipinski definition) is 7. The summed E-state index contributed by atoms with van der Waals surface area (Å²) < 4.78 is 22.8. The minimum Gasteiger partial charge on any atom is -0.508 e. The molecule has 526 valence electrons. The van der Waals surface area contributed by atoms with Crippen LogP contribution >= 0.6 is 0 Å². The Morgan fingerprint density at radius 1 is 0.385 bits per heavy atom. The predicted octanol–water partition coefficient (Wildman–Crippen LogP) is 27.4. The van der Waals surface area contributed by atoms with Crippen molar-refractivity contribution in [2.75, 3.05) is 13.2 Å². The quantitative estimate of drug-likeness (QED) is 0.0383. The molecule has 6 aromatic carbocycles. The molecule has 6 aromatic rings. The van der Waals surface area contributed by atoms with E-state index in [9.17, 15) is 4.79 Å². The third kappa shape index (κ3) is 39.2. The van der Waals surface area contributed by atoms with Gasteiger partial charge in [-0.05, 0) is 184 Å². The van der Waals surface area contributed by atoms with Gasteiger partial charge < -0.3 is 29.2 Å². The molecule has 2 N–H and O–H groups in total. The van der Waals surface area contributed by atoms with Crippen LogP contribution in [0.25, 0.3) is 0 Å². The molecule has 0 heterocycles. The summed E-state index contributed by atoms with van der Waals surface area (Å²) in [6.07, 6.45) is 5.43. The molecule has 0 aliphatic rings. The van der Waals surface area contributed by atoms with Gasteiger partial charge in [0.2, 0.25) is 0 Å². The molecule has 0 fully saturated rings. The fourth-order valence-electron chi connectivity index (χ4n) is 8.30. The lowest BCUT2D eigenvalue weighted by Gasteiger charge is -2.27. The topological polar surface area (TPSA) is 94.5 Å². The van der Waals surface area contributed by atoms with Crippen LogP contribution in [0, 0.1) is 0 Å². The third-order valence-electron chi connectivity index (χ3n) is 15.1. The number of rotatable bonds is 18. The summed E-state index contributed by atoms with van der Waals surface area (Å²) in [6.45, 7) is 46.4. The molecule has 0 aliphatic heterocycles. The summed E-state index contributed by atoms with van der Waals surface area (Å²) in [4.78, 5) is 10.7. The Labute approximate surface area is 567 Å². The van der Waals surface area contributed by atoms with Crippen LogP contribution in [0.3, 0.4) is 0 Å². The Balaban J connectivity index is -0.000000137. The average Bonchev–Trinajstić information content (AvgIpc) is 0.877. The molecule has 7 nitrogen and oxygen atoms in total. The lowest BCUT2D eigenvalue weighted by molar-refractivity contribution is -0.131. The third-order valence-corrected chi connectivity index (χ3v) is 15.1. The molecule has 0 saturated carbocycles. The maximum atomic E-state index is 10.7. The number of ether oxygens (including phenoxy) is 4. The van der Waals surface area contributed by atoms with Crippen molar-refractivity contribution in [2.45, 2.75) is 304 Å². The molecule has 0 radical (unpaired) electrons. The molecule has 91 heavy (non-hydrogen) atoms. The molecule has 0 amide bonds. The monoisotopic (exact) mass is 1270 g/mol. The Hall–Kier alpha value is -6.05. The van der Waals surface area contributed by atoms with E-state index in [1.165, 1.54) is 57.9 Å². The van der Waals surface area contributed by atoms with E-state index in [0.29, 0.717) is 60.1 Å². The maximum Gasteiger partial charge on any atom is 0.308 e. The first-order chi connectivity index (χ1) is 38.0. The molecule has 6 rings (SSSR count). The standard InChI is InChI=1S/C28H42O3.C14H22.C12H16O2.2C10H14O.10CH4/c1-10-20(2)22-11-14-24(15-12-22)31-21(3)29-17-18-30-26-16-13-23(27(4,5)6)19-25(26)28(7,8)9;1-6-11(2)12-7-9-13(10-8-12)14(3,4)5;1-4-9(2)11-5-7-12(8-6-11)14-10(3)13;2*1-3-8(2)9-4-6-10(11)7-5-9;;;;;;;;;;/h11-16,19-21H,10,17-18H2,1-9H3;7-11H,6H2,1-5H3;5-9H,4H2,1-3H3;2*4-8,11H,3H2,1-2H3;10*1H4. The van der Waals surface area contributed by atoms with Crippen molar-refractivity contribution >= 4 is 5.97 Å². The smallest absolute Gasteiger partial charge is 0.308 e. The van der Waals surface area contributed by atoms with Gasteiger partial charge in [0.25, 0.3) is 0 Å². The second-order valence-corrected chi connectivity index (χ2v) is 24.9. The van der Waals surface area contributed by atoms with Crippen molar-refractivity contribution in [3.63, 3.8) is 0 Å². The van der Waals surface area contributed by atoms with Crippen LogP contribution in [-0.4, -0.2) is 35.7 Å². The van der Waals surface area contributed by atoms with E-state index in [4.69, 9.17) is 29.2 Å². The summed E-state index contributed by atoms with van der Waals surface area (Å²) in [5.74, 6) is 5.78. The van der Waals surface area contributed by atoms with Crippen LogP contribution in [0.2, 0.25) is 0 Å². The highest BCUT2D eigenvalue weighted by molar-refractivity contribution is 5.69. The first-order valence-corrected chi connectivity index (χ1v) is 30.1. The minimum atomic E-state index is -0.330. The van der Waals surface area contributed by atoms with Gasteiger partial charge in [-0.25, -0.2) is 0 Å². The van der Waals surface area contributed by atoms with Gasteiger partial charge >= 0.3 is 5.97 Å². The largest absolute Gasteiger partial charge is 0.508 e. The van der Waals surface area contributed by atoms with E-state index in [0.717, 1.165) is 37.2 Å². The number of benzene rings is 6. The van der Waals surface area contributed by atoms with Gasteiger partial charge in [-0.3, -0.25) is 4.79 Å². The molecule has 0 aliphatic carbocycles. The van der Waals surface area contributed by atoms with Gasteiger partial charge in [-0.2, -0.15) is 0 Å². The van der Waals surface area contributed by atoms with E-state index in [1.54, 1.807) is 24.3 Å². The Bertz CT molecular complexity index is 2580. The van der Waals surface area contributed by atoms with Crippen LogP contribution < -0.4 is 14.2 Å². The molecule has 0 bridgehead atoms. The van der Waals surface area contributed by atoms with Crippen molar-refractivity contribution in [1.29, 1.82) is 0 Å². The molecule has 0 spiro atoms. The molecule has 6 unspecified atom stereocenters. The normalized spacial score (nSPS) is 12.0. The average molecular weight is 1270 g/mol. The van der Waals surface area contributed by atoms with Crippen LogP contribution in [0.15, 0.2) is 140 Å². The van der Waals surface area contributed by atoms with Crippen LogP contribution in [-0.2, 0) is 25.8 Å². The molecule has 7 heteroatoms. The van der Waals surface area contributed by atoms with Crippen molar-refractivity contribution < 1.29 is 34.0 Å². The van der Waals surface area contributed by atoms with Gasteiger partial charge in [0.05, 0.1) is 6.61 Å². The van der Waals surface area contributed by atoms with Gasteiger partial charge in [0, 0.05) is 6.92 Å². The highest BCUT2D eigenvalue weighted by atomic mass is 16.7.